The third kappa shape index (κ3) is 3.78. The van der Waals surface area contributed by atoms with Crippen LogP contribution in [0.15, 0.2) is 53.0 Å². The van der Waals surface area contributed by atoms with Gasteiger partial charge < -0.3 is 5.32 Å². The summed E-state index contributed by atoms with van der Waals surface area (Å²) < 4.78 is 0.976. The highest BCUT2D eigenvalue weighted by atomic mass is 79.9. The van der Waals surface area contributed by atoms with E-state index in [1.54, 1.807) is 24.3 Å². The smallest absolute Gasteiger partial charge is 0.228 e. The summed E-state index contributed by atoms with van der Waals surface area (Å²) in [5.74, 6) is -0.203. The van der Waals surface area contributed by atoms with Crippen LogP contribution in [0.5, 0.6) is 0 Å². The third-order valence-electron chi connectivity index (χ3n) is 2.86. The van der Waals surface area contributed by atoms with E-state index in [2.05, 4.69) is 21.2 Å². The Labute approximate surface area is 126 Å². The van der Waals surface area contributed by atoms with Gasteiger partial charge in [0.15, 0.2) is 5.78 Å². The first-order valence-corrected chi connectivity index (χ1v) is 7.00. The molecule has 0 aliphatic heterocycles. The molecular weight excluding hydrogens is 318 g/mol. The van der Waals surface area contributed by atoms with Gasteiger partial charge in [-0.2, -0.15) is 0 Å². The minimum Gasteiger partial charge on any atom is -0.325 e. The second-order valence-corrected chi connectivity index (χ2v) is 5.37. The predicted octanol–water partition coefficient (Wildman–Crippen LogP) is 3.83. The number of hydrogen-bond donors (Lipinski definition) is 1. The summed E-state index contributed by atoms with van der Waals surface area (Å²) in [4.78, 5) is 23.5. The fourth-order valence-electron chi connectivity index (χ4n) is 1.88. The molecule has 20 heavy (non-hydrogen) atoms. The van der Waals surface area contributed by atoms with Crippen molar-refractivity contribution in [3.8, 4) is 0 Å². The molecule has 0 bridgehead atoms. The molecular formula is C16H14BrNO2. The van der Waals surface area contributed by atoms with Crippen LogP contribution in [0.3, 0.4) is 0 Å². The first-order chi connectivity index (χ1) is 9.56. The maximum Gasteiger partial charge on any atom is 0.228 e. The standard InChI is InChI=1S/C16H14BrNO2/c1-11(19)14-4-2-3-5-15(14)18-16(20)10-12-6-8-13(17)9-7-12/h2-9H,10H2,1H3,(H,18,20). The summed E-state index contributed by atoms with van der Waals surface area (Å²) in [6.07, 6.45) is 0.277. The molecule has 2 rings (SSSR count). The monoisotopic (exact) mass is 331 g/mol. The number of amides is 1. The molecule has 0 unspecified atom stereocenters. The van der Waals surface area contributed by atoms with Gasteiger partial charge in [0, 0.05) is 10.0 Å². The van der Waals surface area contributed by atoms with Crippen molar-refractivity contribution in [3.05, 3.63) is 64.1 Å². The minimum absolute atomic E-state index is 0.0652. The molecule has 0 aliphatic carbocycles. The van der Waals surface area contributed by atoms with E-state index in [0.29, 0.717) is 11.3 Å². The van der Waals surface area contributed by atoms with E-state index in [4.69, 9.17) is 0 Å². The largest absolute Gasteiger partial charge is 0.325 e. The zero-order chi connectivity index (χ0) is 14.5. The summed E-state index contributed by atoms with van der Waals surface area (Å²) in [5.41, 5.74) is 2.00. The van der Waals surface area contributed by atoms with Crippen molar-refractivity contribution in [3.63, 3.8) is 0 Å². The number of para-hydroxylation sites is 1. The van der Waals surface area contributed by atoms with Gasteiger partial charge in [-0.25, -0.2) is 0 Å². The molecule has 0 heterocycles. The lowest BCUT2D eigenvalue weighted by atomic mass is 10.1. The maximum atomic E-state index is 12.0. The second kappa shape index (κ2) is 6.48. The number of nitrogens with one attached hydrogen (secondary N) is 1. The number of rotatable bonds is 4. The Morgan fingerprint density at radius 2 is 1.70 bits per heavy atom. The number of benzene rings is 2. The Balaban J connectivity index is 2.08. The maximum absolute atomic E-state index is 12.0. The van der Waals surface area contributed by atoms with Crippen LogP contribution in [0.4, 0.5) is 5.69 Å². The van der Waals surface area contributed by atoms with Crippen molar-refractivity contribution in [1.29, 1.82) is 0 Å². The van der Waals surface area contributed by atoms with Crippen molar-refractivity contribution in [1.82, 2.24) is 0 Å². The molecule has 2 aromatic carbocycles. The summed E-state index contributed by atoms with van der Waals surface area (Å²) in [6, 6.07) is 14.6. The number of carbonyl (C=O) groups is 2. The van der Waals surface area contributed by atoms with Crippen molar-refractivity contribution in [2.24, 2.45) is 0 Å². The third-order valence-corrected chi connectivity index (χ3v) is 3.39. The molecule has 0 fully saturated rings. The van der Waals surface area contributed by atoms with E-state index in [-0.39, 0.29) is 18.1 Å². The molecule has 0 saturated heterocycles. The molecule has 2 aromatic rings. The van der Waals surface area contributed by atoms with Gasteiger partial charge in [-0.15, -0.1) is 0 Å². The summed E-state index contributed by atoms with van der Waals surface area (Å²) >= 11 is 3.35. The molecule has 102 valence electrons. The Morgan fingerprint density at radius 1 is 1.05 bits per heavy atom. The van der Waals surface area contributed by atoms with Crippen LogP contribution in [-0.4, -0.2) is 11.7 Å². The average molecular weight is 332 g/mol. The zero-order valence-electron chi connectivity index (χ0n) is 11.0. The summed E-state index contributed by atoms with van der Waals surface area (Å²) in [6.45, 7) is 1.49. The van der Waals surface area contributed by atoms with Gasteiger partial charge >= 0.3 is 0 Å². The van der Waals surface area contributed by atoms with E-state index in [1.165, 1.54) is 6.92 Å². The van der Waals surface area contributed by atoms with E-state index < -0.39 is 0 Å². The number of Topliss-reactive ketones (excluding diaryl/α,β-unsaturated/α-hetero) is 1. The van der Waals surface area contributed by atoms with Gasteiger partial charge in [0.2, 0.25) is 5.91 Å². The topological polar surface area (TPSA) is 46.2 Å². The van der Waals surface area contributed by atoms with E-state index in [1.807, 2.05) is 24.3 Å². The van der Waals surface area contributed by atoms with Crippen LogP contribution in [0, 0.1) is 0 Å². The van der Waals surface area contributed by atoms with Crippen molar-refractivity contribution in [2.75, 3.05) is 5.32 Å². The van der Waals surface area contributed by atoms with Crippen LogP contribution in [-0.2, 0) is 11.2 Å². The SMILES string of the molecule is CC(=O)c1ccccc1NC(=O)Cc1ccc(Br)cc1. The number of halogens is 1. The van der Waals surface area contributed by atoms with Crippen LogP contribution in [0.2, 0.25) is 0 Å². The molecule has 0 radical (unpaired) electrons. The Hall–Kier alpha value is -1.94. The van der Waals surface area contributed by atoms with Gasteiger partial charge in [0.05, 0.1) is 12.1 Å². The normalized spacial score (nSPS) is 10.1. The Kier molecular flexibility index (Phi) is 4.69. The van der Waals surface area contributed by atoms with Crippen molar-refractivity contribution < 1.29 is 9.59 Å². The first-order valence-electron chi connectivity index (χ1n) is 6.20. The Bertz CT molecular complexity index is 635. The lowest BCUT2D eigenvalue weighted by Crippen LogP contribution is -2.16. The molecule has 4 heteroatoms. The molecule has 0 saturated carbocycles. The van der Waals surface area contributed by atoms with Crippen LogP contribution >= 0.6 is 15.9 Å². The number of ketones is 1. The molecule has 3 nitrogen and oxygen atoms in total. The zero-order valence-corrected chi connectivity index (χ0v) is 12.6. The molecule has 0 spiro atoms. The average Bonchev–Trinajstić information content (AvgIpc) is 2.41. The van der Waals surface area contributed by atoms with Crippen molar-refractivity contribution >= 4 is 33.3 Å². The molecule has 0 aromatic heterocycles. The van der Waals surface area contributed by atoms with E-state index in [9.17, 15) is 9.59 Å². The highest BCUT2D eigenvalue weighted by molar-refractivity contribution is 9.10. The molecule has 1 N–H and O–H groups in total. The fourth-order valence-corrected chi connectivity index (χ4v) is 2.15. The fraction of sp³-hybridized carbons (Fsp3) is 0.125. The van der Waals surface area contributed by atoms with Gasteiger partial charge in [0.25, 0.3) is 0 Å². The molecule has 1 amide bonds. The lowest BCUT2D eigenvalue weighted by molar-refractivity contribution is -0.115. The number of anilines is 1. The lowest BCUT2D eigenvalue weighted by Gasteiger charge is -2.09. The highest BCUT2D eigenvalue weighted by Crippen LogP contribution is 2.16. The highest BCUT2D eigenvalue weighted by Gasteiger charge is 2.10. The van der Waals surface area contributed by atoms with Crippen LogP contribution in [0.25, 0.3) is 0 Å². The quantitative estimate of drug-likeness (QED) is 0.865. The van der Waals surface area contributed by atoms with Gasteiger partial charge in [0.1, 0.15) is 0 Å². The van der Waals surface area contributed by atoms with Gasteiger partial charge in [-0.3, -0.25) is 9.59 Å². The van der Waals surface area contributed by atoms with Crippen LogP contribution in [0.1, 0.15) is 22.8 Å². The number of hydrogen-bond acceptors (Lipinski definition) is 2. The van der Waals surface area contributed by atoms with Crippen molar-refractivity contribution in [2.45, 2.75) is 13.3 Å². The first kappa shape index (κ1) is 14.5. The number of carbonyl (C=O) groups excluding carboxylic acids is 2. The van der Waals surface area contributed by atoms with Crippen LogP contribution < -0.4 is 5.32 Å². The summed E-state index contributed by atoms with van der Waals surface area (Å²) in [7, 11) is 0. The van der Waals surface area contributed by atoms with E-state index >= 15 is 0 Å². The molecule has 0 atom stereocenters. The predicted molar refractivity (Wildman–Crippen MR) is 82.9 cm³/mol. The Morgan fingerprint density at radius 3 is 2.35 bits per heavy atom. The second-order valence-electron chi connectivity index (χ2n) is 4.45. The van der Waals surface area contributed by atoms with Gasteiger partial charge in [-0.1, -0.05) is 40.2 Å². The molecule has 0 aliphatic rings. The van der Waals surface area contributed by atoms with E-state index in [0.717, 1.165) is 10.0 Å². The minimum atomic E-state index is -0.138. The van der Waals surface area contributed by atoms with Gasteiger partial charge in [-0.05, 0) is 36.8 Å². The summed E-state index contributed by atoms with van der Waals surface area (Å²) in [5, 5.41) is 2.78.